The van der Waals surface area contributed by atoms with Crippen molar-refractivity contribution in [1.29, 1.82) is 0 Å². The zero-order valence-electron chi connectivity index (χ0n) is 10.2. The molecule has 0 aliphatic carbocycles. The number of rotatable bonds is 3. The summed E-state index contributed by atoms with van der Waals surface area (Å²) in [5, 5.41) is 0. The number of phosphoric acid groups is 1. The standard InChI is InChI=1S/C10H19O4P/c1-8-12-15(11,13-9(2,3)4)14-10(5,6)7/h1H,2-7H3. The van der Waals surface area contributed by atoms with Crippen molar-refractivity contribution in [1.82, 2.24) is 0 Å². The molecule has 0 aliphatic heterocycles. The Morgan fingerprint density at radius 3 is 1.53 bits per heavy atom. The van der Waals surface area contributed by atoms with E-state index in [1.54, 1.807) is 41.5 Å². The molecule has 0 N–H and O–H groups in total. The second-order valence-corrected chi connectivity index (χ2v) is 6.51. The van der Waals surface area contributed by atoms with Gasteiger partial charge in [-0.25, -0.2) is 4.57 Å². The first kappa shape index (κ1) is 14.5. The van der Waals surface area contributed by atoms with Crippen LogP contribution in [0.3, 0.4) is 0 Å². The van der Waals surface area contributed by atoms with Gasteiger partial charge in [-0.3, -0.25) is 9.05 Å². The Balaban J connectivity index is 4.78. The first-order valence-electron chi connectivity index (χ1n) is 4.63. The fourth-order valence-electron chi connectivity index (χ4n) is 0.791. The highest BCUT2D eigenvalue weighted by Gasteiger charge is 2.37. The van der Waals surface area contributed by atoms with E-state index in [-0.39, 0.29) is 0 Å². The summed E-state index contributed by atoms with van der Waals surface area (Å²) in [6, 6.07) is 0. The van der Waals surface area contributed by atoms with E-state index < -0.39 is 19.0 Å². The van der Waals surface area contributed by atoms with Crippen molar-refractivity contribution >= 4 is 7.82 Å². The Morgan fingerprint density at radius 2 is 1.33 bits per heavy atom. The summed E-state index contributed by atoms with van der Waals surface area (Å²) in [4.78, 5) is 0. The number of hydrogen-bond acceptors (Lipinski definition) is 4. The van der Waals surface area contributed by atoms with Gasteiger partial charge in [0.1, 0.15) is 6.11 Å². The van der Waals surface area contributed by atoms with Crippen LogP contribution in [0, 0.1) is 12.5 Å². The summed E-state index contributed by atoms with van der Waals surface area (Å²) in [6.45, 7) is 10.4. The van der Waals surface area contributed by atoms with Gasteiger partial charge in [0.2, 0.25) is 0 Å². The molecule has 0 rings (SSSR count). The topological polar surface area (TPSA) is 44.8 Å². The highest BCUT2D eigenvalue weighted by atomic mass is 31.2. The second-order valence-electron chi connectivity index (χ2n) is 5.06. The lowest BCUT2D eigenvalue weighted by Crippen LogP contribution is -2.24. The minimum absolute atomic E-state index is 0.655. The molecule has 5 heteroatoms. The van der Waals surface area contributed by atoms with E-state index in [1.165, 1.54) is 0 Å². The maximum Gasteiger partial charge on any atom is 0.539 e. The number of terminal acetylenes is 1. The summed E-state index contributed by atoms with van der Waals surface area (Å²) in [5.41, 5.74) is -1.31. The van der Waals surface area contributed by atoms with Crippen LogP contribution in [0.1, 0.15) is 41.5 Å². The van der Waals surface area contributed by atoms with Gasteiger partial charge in [-0.15, -0.1) is 0 Å². The van der Waals surface area contributed by atoms with E-state index in [0.717, 1.165) is 0 Å². The van der Waals surface area contributed by atoms with Crippen molar-refractivity contribution in [2.75, 3.05) is 0 Å². The first-order chi connectivity index (χ1) is 6.47. The Kier molecular flexibility index (Phi) is 4.42. The van der Waals surface area contributed by atoms with Gasteiger partial charge in [0.15, 0.2) is 0 Å². The third-order valence-corrected chi connectivity index (χ3v) is 2.81. The van der Waals surface area contributed by atoms with E-state index in [9.17, 15) is 4.57 Å². The fourth-order valence-corrected chi connectivity index (χ4v) is 2.37. The molecular weight excluding hydrogens is 215 g/mol. The molecule has 0 aliphatic rings. The van der Waals surface area contributed by atoms with Gasteiger partial charge in [0.05, 0.1) is 11.2 Å². The van der Waals surface area contributed by atoms with Gasteiger partial charge in [-0.2, -0.15) is 0 Å². The van der Waals surface area contributed by atoms with E-state index in [0.29, 0.717) is 0 Å². The molecular formula is C10H19O4P. The molecule has 0 aromatic rings. The fraction of sp³-hybridized carbons (Fsp3) is 0.800. The Labute approximate surface area is 91.9 Å². The average Bonchev–Trinajstić information content (AvgIpc) is 1.74. The maximum absolute atomic E-state index is 12.0. The molecule has 0 atom stereocenters. The predicted octanol–water partition coefficient (Wildman–Crippen LogP) is 3.33. The zero-order chi connectivity index (χ0) is 12.3. The van der Waals surface area contributed by atoms with Crippen molar-refractivity contribution < 1.29 is 18.1 Å². The molecule has 4 nitrogen and oxygen atoms in total. The van der Waals surface area contributed by atoms with Gasteiger partial charge in [0, 0.05) is 0 Å². The monoisotopic (exact) mass is 234 g/mol. The van der Waals surface area contributed by atoms with Crippen LogP contribution >= 0.6 is 7.82 Å². The largest absolute Gasteiger partial charge is 0.539 e. The van der Waals surface area contributed by atoms with Gasteiger partial charge in [0.25, 0.3) is 0 Å². The summed E-state index contributed by atoms with van der Waals surface area (Å²) in [7, 11) is -3.70. The minimum atomic E-state index is -3.70. The first-order valence-corrected chi connectivity index (χ1v) is 6.09. The molecule has 0 aromatic carbocycles. The van der Waals surface area contributed by atoms with Gasteiger partial charge in [-0.05, 0) is 41.5 Å². The van der Waals surface area contributed by atoms with Crippen molar-refractivity contribution in [2.45, 2.75) is 52.7 Å². The SMILES string of the molecule is C#COP(=O)(OC(C)(C)C)OC(C)(C)C. The quantitative estimate of drug-likeness (QED) is 0.555. The maximum atomic E-state index is 12.0. The summed E-state index contributed by atoms with van der Waals surface area (Å²) < 4.78 is 27.1. The molecule has 0 spiro atoms. The Morgan fingerprint density at radius 1 is 1.00 bits per heavy atom. The molecule has 0 aromatic heterocycles. The van der Waals surface area contributed by atoms with Gasteiger partial charge >= 0.3 is 7.82 Å². The van der Waals surface area contributed by atoms with E-state index in [4.69, 9.17) is 15.5 Å². The molecule has 0 saturated carbocycles. The molecule has 0 radical (unpaired) electrons. The Hall–Kier alpha value is -0.490. The van der Waals surface area contributed by atoms with Crippen LogP contribution < -0.4 is 0 Å². The smallest absolute Gasteiger partial charge is 0.350 e. The van der Waals surface area contributed by atoms with Crippen LogP contribution in [0.2, 0.25) is 0 Å². The molecule has 0 fully saturated rings. The summed E-state index contributed by atoms with van der Waals surface area (Å²) in [6.07, 6.45) is 6.79. The van der Waals surface area contributed by atoms with Crippen LogP contribution in [-0.4, -0.2) is 11.2 Å². The lowest BCUT2D eigenvalue weighted by molar-refractivity contribution is 0.0184. The Bertz CT molecular complexity index is 270. The number of hydrogen-bond donors (Lipinski definition) is 0. The second kappa shape index (κ2) is 4.57. The molecule has 88 valence electrons. The molecule has 0 amide bonds. The van der Waals surface area contributed by atoms with E-state index in [2.05, 4.69) is 4.52 Å². The molecule has 0 heterocycles. The lowest BCUT2D eigenvalue weighted by atomic mass is 10.2. The highest BCUT2D eigenvalue weighted by Crippen LogP contribution is 2.54. The third kappa shape index (κ3) is 7.44. The molecule has 0 bridgehead atoms. The third-order valence-electron chi connectivity index (χ3n) is 0.936. The molecule has 0 saturated heterocycles. The van der Waals surface area contributed by atoms with Crippen LogP contribution in [0.25, 0.3) is 0 Å². The average molecular weight is 234 g/mol. The van der Waals surface area contributed by atoms with Crippen LogP contribution in [-0.2, 0) is 18.1 Å². The van der Waals surface area contributed by atoms with Crippen LogP contribution in [0.4, 0.5) is 0 Å². The van der Waals surface area contributed by atoms with E-state index in [1.807, 2.05) is 6.11 Å². The number of phosphoric ester groups is 1. The zero-order valence-corrected chi connectivity index (χ0v) is 11.1. The van der Waals surface area contributed by atoms with Gasteiger partial charge < -0.3 is 4.52 Å². The molecule has 0 unspecified atom stereocenters. The minimum Gasteiger partial charge on any atom is -0.350 e. The van der Waals surface area contributed by atoms with Crippen LogP contribution in [0.5, 0.6) is 0 Å². The predicted molar refractivity (Wildman–Crippen MR) is 59.2 cm³/mol. The van der Waals surface area contributed by atoms with Crippen molar-refractivity contribution in [3.05, 3.63) is 0 Å². The molecule has 15 heavy (non-hydrogen) atoms. The summed E-state index contributed by atoms with van der Waals surface area (Å²) >= 11 is 0. The van der Waals surface area contributed by atoms with E-state index >= 15 is 0 Å². The van der Waals surface area contributed by atoms with Crippen molar-refractivity contribution in [3.63, 3.8) is 0 Å². The van der Waals surface area contributed by atoms with Crippen molar-refractivity contribution in [2.24, 2.45) is 0 Å². The summed E-state index contributed by atoms with van der Waals surface area (Å²) in [5.74, 6) is 0. The highest BCUT2D eigenvalue weighted by molar-refractivity contribution is 7.48. The van der Waals surface area contributed by atoms with Crippen LogP contribution in [0.15, 0.2) is 0 Å². The lowest BCUT2D eigenvalue weighted by Gasteiger charge is -2.29. The normalized spacial score (nSPS) is 13.4. The van der Waals surface area contributed by atoms with Crippen molar-refractivity contribution in [3.8, 4) is 12.5 Å². The van der Waals surface area contributed by atoms with Gasteiger partial charge in [-0.1, -0.05) is 6.42 Å².